The van der Waals surface area contributed by atoms with Gasteiger partial charge < -0.3 is 15.8 Å². The predicted octanol–water partition coefficient (Wildman–Crippen LogP) is 1.28. The minimum atomic E-state index is -0.390. The van der Waals surface area contributed by atoms with Crippen LogP contribution >= 0.6 is 11.8 Å². The molecule has 0 saturated heterocycles. The molecule has 0 atom stereocenters. The molecule has 1 aromatic carbocycles. The van der Waals surface area contributed by atoms with Crippen molar-refractivity contribution in [1.29, 1.82) is 0 Å². The molecule has 1 rings (SSSR count). The number of amides is 1. The lowest BCUT2D eigenvalue weighted by Gasteiger charge is -2.07. The summed E-state index contributed by atoms with van der Waals surface area (Å²) in [5.41, 5.74) is 6.76. The Morgan fingerprint density at radius 1 is 1.44 bits per heavy atom. The molecule has 0 aliphatic rings. The van der Waals surface area contributed by atoms with Gasteiger partial charge in [0.1, 0.15) is 0 Å². The zero-order valence-corrected chi connectivity index (χ0v) is 11.2. The highest BCUT2D eigenvalue weighted by atomic mass is 32.2. The molecule has 18 heavy (non-hydrogen) atoms. The Labute approximate surface area is 110 Å². The van der Waals surface area contributed by atoms with Crippen LogP contribution in [0.1, 0.15) is 17.3 Å². The van der Waals surface area contributed by atoms with Gasteiger partial charge in [0.2, 0.25) is 5.91 Å². The highest BCUT2D eigenvalue weighted by molar-refractivity contribution is 8.00. The van der Waals surface area contributed by atoms with Crippen LogP contribution in [0.15, 0.2) is 23.1 Å². The van der Waals surface area contributed by atoms with Crippen molar-refractivity contribution in [2.45, 2.75) is 11.8 Å². The number of benzene rings is 1. The van der Waals surface area contributed by atoms with Crippen molar-refractivity contribution in [3.8, 4) is 0 Å². The van der Waals surface area contributed by atoms with Gasteiger partial charge in [-0.05, 0) is 25.1 Å². The SMILES string of the molecule is CCOC(=O)c1ccc(N)c(SCC(=O)NC)c1. The molecule has 1 amide bonds. The van der Waals surface area contributed by atoms with E-state index < -0.39 is 0 Å². The molecule has 0 unspecified atom stereocenters. The van der Waals surface area contributed by atoms with Gasteiger partial charge in [0.25, 0.3) is 0 Å². The minimum Gasteiger partial charge on any atom is -0.462 e. The molecule has 0 heterocycles. The minimum absolute atomic E-state index is 0.0964. The molecule has 0 fully saturated rings. The van der Waals surface area contributed by atoms with Crippen molar-refractivity contribution in [3.05, 3.63) is 23.8 Å². The van der Waals surface area contributed by atoms with Gasteiger partial charge in [-0.3, -0.25) is 4.79 Å². The molecule has 0 spiro atoms. The average molecular weight is 268 g/mol. The smallest absolute Gasteiger partial charge is 0.338 e. The van der Waals surface area contributed by atoms with Gasteiger partial charge in [-0.2, -0.15) is 0 Å². The van der Waals surface area contributed by atoms with Crippen molar-refractivity contribution >= 4 is 29.3 Å². The molecule has 5 nitrogen and oxygen atoms in total. The maximum atomic E-state index is 11.6. The summed E-state index contributed by atoms with van der Waals surface area (Å²) in [4.78, 5) is 23.4. The van der Waals surface area contributed by atoms with Crippen LogP contribution in [0.5, 0.6) is 0 Å². The number of carbonyl (C=O) groups is 2. The number of esters is 1. The average Bonchev–Trinajstić information content (AvgIpc) is 2.37. The maximum absolute atomic E-state index is 11.6. The monoisotopic (exact) mass is 268 g/mol. The normalized spacial score (nSPS) is 9.89. The van der Waals surface area contributed by atoms with E-state index in [0.717, 1.165) is 0 Å². The van der Waals surface area contributed by atoms with E-state index in [1.807, 2.05) is 0 Å². The zero-order chi connectivity index (χ0) is 13.5. The predicted molar refractivity (Wildman–Crippen MR) is 71.6 cm³/mol. The molecule has 6 heteroatoms. The third-order valence-electron chi connectivity index (χ3n) is 2.16. The number of anilines is 1. The number of nitrogens with one attached hydrogen (secondary N) is 1. The van der Waals surface area contributed by atoms with Gasteiger partial charge in [0.15, 0.2) is 0 Å². The van der Waals surface area contributed by atoms with E-state index in [1.54, 1.807) is 32.2 Å². The fraction of sp³-hybridized carbons (Fsp3) is 0.333. The Bertz CT molecular complexity index is 449. The number of ether oxygens (including phenoxy) is 1. The van der Waals surface area contributed by atoms with Gasteiger partial charge in [-0.15, -0.1) is 11.8 Å². The standard InChI is InChI=1S/C12H16N2O3S/c1-3-17-12(16)8-4-5-9(13)10(6-8)18-7-11(15)14-2/h4-6H,3,7,13H2,1-2H3,(H,14,15). The van der Waals surface area contributed by atoms with Crippen molar-refractivity contribution < 1.29 is 14.3 Å². The summed E-state index contributed by atoms with van der Waals surface area (Å²) < 4.78 is 4.90. The third kappa shape index (κ3) is 3.96. The third-order valence-corrected chi connectivity index (χ3v) is 3.23. The van der Waals surface area contributed by atoms with E-state index in [4.69, 9.17) is 10.5 Å². The number of nitrogen functional groups attached to an aromatic ring is 1. The first kappa shape index (κ1) is 14.4. The number of rotatable bonds is 5. The van der Waals surface area contributed by atoms with E-state index in [9.17, 15) is 9.59 Å². The maximum Gasteiger partial charge on any atom is 0.338 e. The largest absolute Gasteiger partial charge is 0.462 e. The summed E-state index contributed by atoms with van der Waals surface area (Å²) in [6.45, 7) is 2.07. The van der Waals surface area contributed by atoms with E-state index in [-0.39, 0.29) is 17.6 Å². The Balaban J connectivity index is 2.81. The number of thioether (sulfide) groups is 1. The van der Waals surface area contributed by atoms with Crippen LogP contribution in [-0.4, -0.2) is 31.3 Å². The number of hydrogen-bond donors (Lipinski definition) is 2. The second-order valence-corrected chi connectivity index (χ2v) is 4.45. The quantitative estimate of drug-likeness (QED) is 0.477. The topological polar surface area (TPSA) is 81.4 Å². The Hall–Kier alpha value is -1.69. The lowest BCUT2D eigenvalue weighted by atomic mass is 10.2. The molecule has 0 radical (unpaired) electrons. The van der Waals surface area contributed by atoms with Crippen molar-refractivity contribution in [1.82, 2.24) is 5.32 Å². The van der Waals surface area contributed by atoms with E-state index in [2.05, 4.69) is 5.32 Å². The number of hydrogen-bond acceptors (Lipinski definition) is 5. The summed E-state index contributed by atoms with van der Waals surface area (Å²) in [7, 11) is 1.57. The number of nitrogens with two attached hydrogens (primary N) is 1. The van der Waals surface area contributed by atoms with Crippen LogP contribution in [-0.2, 0) is 9.53 Å². The molecular weight excluding hydrogens is 252 g/mol. The number of carbonyl (C=O) groups excluding carboxylic acids is 2. The van der Waals surface area contributed by atoms with Gasteiger partial charge >= 0.3 is 5.97 Å². The summed E-state index contributed by atoms with van der Waals surface area (Å²) in [6, 6.07) is 4.89. The van der Waals surface area contributed by atoms with Crippen molar-refractivity contribution in [2.24, 2.45) is 0 Å². The Morgan fingerprint density at radius 2 is 2.17 bits per heavy atom. The van der Waals surface area contributed by atoms with Gasteiger partial charge in [-0.25, -0.2) is 4.79 Å². The van der Waals surface area contributed by atoms with Gasteiger partial charge in [-0.1, -0.05) is 0 Å². The summed E-state index contributed by atoms with van der Waals surface area (Å²) in [5, 5.41) is 2.52. The highest BCUT2D eigenvalue weighted by Gasteiger charge is 2.10. The second kappa shape index (κ2) is 6.90. The first-order valence-corrected chi connectivity index (χ1v) is 6.47. The van der Waals surface area contributed by atoms with E-state index in [0.29, 0.717) is 22.8 Å². The van der Waals surface area contributed by atoms with Crippen LogP contribution in [0.2, 0.25) is 0 Å². The van der Waals surface area contributed by atoms with E-state index >= 15 is 0 Å². The first-order chi connectivity index (χ1) is 8.58. The molecule has 0 bridgehead atoms. The Kier molecular flexibility index (Phi) is 5.51. The van der Waals surface area contributed by atoms with Crippen LogP contribution in [0.25, 0.3) is 0 Å². The van der Waals surface area contributed by atoms with Gasteiger partial charge in [0.05, 0.1) is 17.9 Å². The summed E-state index contributed by atoms with van der Waals surface area (Å²) in [5.74, 6) is -0.229. The molecule has 0 saturated carbocycles. The first-order valence-electron chi connectivity index (χ1n) is 5.48. The lowest BCUT2D eigenvalue weighted by Crippen LogP contribution is -2.19. The molecule has 1 aromatic rings. The van der Waals surface area contributed by atoms with Crippen LogP contribution in [0, 0.1) is 0 Å². The second-order valence-electron chi connectivity index (χ2n) is 3.43. The Morgan fingerprint density at radius 3 is 2.78 bits per heavy atom. The van der Waals surface area contributed by atoms with Crippen molar-refractivity contribution in [2.75, 3.05) is 25.1 Å². The fourth-order valence-corrected chi connectivity index (χ4v) is 2.09. The van der Waals surface area contributed by atoms with Gasteiger partial charge in [0, 0.05) is 17.6 Å². The van der Waals surface area contributed by atoms with E-state index in [1.165, 1.54) is 11.8 Å². The fourth-order valence-electron chi connectivity index (χ4n) is 1.22. The van der Waals surface area contributed by atoms with Crippen LogP contribution in [0.3, 0.4) is 0 Å². The van der Waals surface area contributed by atoms with Crippen molar-refractivity contribution in [3.63, 3.8) is 0 Å². The highest BCUT2D eigenvalue weighted by Crippen LogP contribution is 2.26. The molecular formula is C12H16N2O3S. The molecule has 3 N–H and O–H groups in total. The van der Waals surface area contributed by atoms with Crippen LogP contribution in [0.4, 0.5) is 5.69 Å². The van der Waals surface area contributed by atoms with Crippen LogP contribution < -0.4 is 11.1 Å². The lowest BCUT2D eigenvalue weighted by molar-refractivity contribution is -0.118. The summed E-state index contributed by atoms with van der Waals surface area (Å²) >= 11 is 1.28. The zero-order valence-electron chi connectivity index (χ0n) is 10.4. The molecule has 98 valence electrons. The molecule has 0 aliphatic heterocycles. The summed E-state index contributed by atoms with van der Waals surface area (Å²) in [6.07, 6.45) is 0. The molecule has 0 aliphatic carbocycles. The molecule has 0 aromatic heterocycles.